The lowest BCUT2D eigenvalue weighted by Crippen LogP contribution is -2.34. The first-order valence-electron chi connectivity index (χ1n) is 6.84. The van der Waals surface area contributed by atoms with Crippen LogP contribution in [0.3, 0.4) is 0 Å². The van der Waals surface area contributed by atoms with Crippen molar-refractivity contribution in [1.29, 1.82) is 0 Å². The molecule has 0 aromatic heterocycles. The van der Waals surface area contributed by atoms with Crippen LogP contribution in [-0.4, -0.2) is 30.6 Å². The number of fused-ring (bicyclic) bond motifs is 1. The second kappa shape index (κ2) is 7.43. The SMILES string of the molecule is CCSCCC(=O)NC[C@H]1COc2ccccc2C1. The molecule has 0 spiro atoms. The molecule has 1 heterocycles. The maximum Gasteiger partial charge on any atom is 0.220 e. The number of carbonyl (C=O) groups excluding carboxylic acids is 1. The summed E-state index contributed by atoms with van der Waals surface area (Å²) in [6, 6.07) is 8.13. The molecule has 1 aliphatic rings. The van der Waals surface area contributed by atoms with Gasteiger partial charge in [-0.2, -0.15) is 11.8 Å². The van der Waals surface area contributed by atoms with Gasteiger partial charge in [0.1, 0.15) is 5.75 Å². The number of amides is 1. The van der Waals surface area contributed by atoms with E-state index in [1.807, 2.05) is 18.2 Å². The van der Waals surface area contributed by atoms with E-state index in [2.05, 4.69) is 18.3 Å². The monoisotopic (exact) mass is 279 g/mol. The summed E-state index contributed by atoms with van der Waals surface area (Å²) in [6.45, 7) is 3.52. The van der Waals surface area contributed by atoms with Crippen LogP contribution in [0.15, 0.2) is 24.3 Å². The molecule has 4 heteroatoms. The Morgan fingerprint density at radius 3 is 3.16 bits per heavy atom. The third kappa shape index (κ3) is 4.46. The minimum Gasteiger partial charge on any atom is -0.493 e. The second-order valence-corrected chi connectivity index (χ2v) is 6.13. The van der Waals surface area contributed by atoms with E-state index in [-0.39, 0.29) is 5.91 Å². The average molecular weight is 279 g/mol. The van der Waals surface area contributed by atoms with Crippen molar-refractivity contribution in [1.82, 2.24) is 5.32 Å². The van der Waals surface area contributed by atoms with Crippen molar-refractivity contribution in [2.45, 2.75) is 19.8 Å². The standard InChI is InChI=1S/C15H21NO2S/c1-2-19-8-7-15(17)16-10-12-9-13-5-3-4-6-14(13)18-11-12/h3-6,12H,2,7-11H2,1H3,(H,16,17)/t12-/m0/s1. The Morgan fingerprint density at radius 2 is 2.32 bits per heavy atom. The molecule has 1 N–H and O–H groups in total. The number of rotatable bonds is 6. The maximum absolute atomic E-state index is 11.6. The minimum atomic E-state index is 0.153. The third-order valence-electron chi connectivity index (χ3n) is 3.22. The number of hydrogen-bond donors (Lipinski definition) is 1. The highest BCUT2D eigenvalue weighted by molar-refractivity contribution is 7.99. The Morgan fingerprint density at radius 1 is 1.47 bits per heavy atom. The zero-order valence-electron chi connectivity index (χ0n) is 11.4. The molecule has 2 rings (SSSR count). The normalized spacial score (nSPS) is 17.4. The van der Waals surface area contributed by atoms with Crippen molar-refractivity contribution in [2.24, 2.45) is 5.92 Å². The van der Waals surface area contributed by atoms with Gasteiger partial charge in [0.15, 0.2) is 0 Å². The van der Waals surface area contributed by atoms with Crippen LogP contribution in [0.25, 0.3) is 0 Å². The predicted molar refractivity (Wildman–Crippen MR) is 79.8 cm³/mol. The molecule has 1 aliphatic heterocycles. The van der Waals surface area contributed by atoms with Crippen LogP contribution in [-0.2, 0) is 11.2 Å². The van der Waals surface area contributed by atoms with E-state index in [4.69, 9.17) is 4.74 Å². The molecule has 0 bridgehead atoms. The summed E-state index contributed by atoms with van der Waals surface area (Å²) in [6.07, 6.45) is 1.60. The van der Waals surface area contributed by atoms with Gasteiger partial charge in [0.2, 0.25) is 5.91 Å². The maximum atomic E-state index is 11.6. The van der Waals surface area contributed by atoms with Crippen LogP contribution >= 0.6 is 11.8 Å². The number of nitrogens with one attached hydrogen (secondary N) is 1. The molecule has 1 aromatic carbocycles. The van der Waals surface area contributed by atoms with Crippen molar-refractivity contribution >= 4 is 17.7 Å². The fraction of sp³-hybridized carbons (Fsp3) is 0.533. The highest BCUT2D eigenvalue weighted by atomic mass is 32.2. The first-order chi connectivity index (χ1) is 9.29. The van der Waals surface area contributed by atoms with Gasteiger partial charge < -0.3 is 10.1 Å². The Balaban J connectivity index is 1.72. The van der Waals surface area contributed by atoms with Crippen molar-refractivity contribution in [3.8, 4) is 5.75 Å². The van der Waals surface area contributed by atoms with Gasteiger partial charge in [0, 0.05) is 24.6 Å². The van der Waals surface area contributed by atoms with Crippen LogP contribution < -0.4 is 10.1 Å². The first-order valence-corrected chi connectivity index (χ1v) is 8.00. The third-order valence-corrected chi connectivity index (χ3v) is 4.12. The fourth-order valence-corrected chi connectivity index (χ4v) is 2.80. The molecule has 3 nitrogen and oxygen atoms in total. The van der Waals surface area contributed by atoms with Crippen LogP contribution in [0, 0.1) is 5.92 Å². The quantitative estimate of drug-likeness (QED) is 0.813. The molecule has 104 valence electrons. The first kappa shape index (κ1) is 14.3. The molecule has 0 unspecified atom stereocenters. The lowest BCUT2D eigenvalue weighted by atomic mass is 9.97. The van der Waals surface area contributed by atoms with Crippen LogP contribution in [0.2, 0.25) is 0 Å². The molecule has 1 atom stereocenters. The summed E-state index contributed by atoms with van der Waals surface area (Å²) >= 11 is 1.80. The van der Waals surface area contributed by atoms with E-state index in [0.29, 0.717) is 25.5 Å². The van der Waals surface area contributed by atoms with Gasteiger partial charge in [0.25, 0.3) is 0 Å². The molecule has 0 fully saturated rings. The Hall–Kier alpha value is -1.16. The molecule has 1 aromatic rings. The van der Waals surface area contributed by atoms with Gasteiger partial charge in [-0.3, -0.25) is 4.79 Å². The molecule has 0 aliphatic carbocycles. The number of ether oxygens (including phenoxy) is 1. The summed E-state index contributed by atoms with van der Waals surface area (Å²) in [5.41, 5.74) is 1.24. The highest BCUT2D eigenvalue weighted by Gasteiger charge is 2.19. The Labute approximate surface area is 119 Å². The topological polar surface area (TPSA) is 38.3 Å². The summed E-state index contributed by atoms with van der Waals surface area (Å²) in [5, 5.41) is 3.01. The van der Waals surface area contributed by atoms with Gasteiger partial charge in [-0.15, -0.1) is 0 Å². The van der Waals surface area contributed by atoms with E-state index in [1.54, 1.807) is 11.8 Å². The van der Waals surface area contributed by atoms with E-state index in [9.17, 15) is 4.79 Å². The van der Waals surface area contributed by atoms with E-state index in [0.717, 1.165) is 23.7 Å². The number of thioether (sulfide) groups is 1. The number of hydrogen-bond acceptors (Lipinski definition) is 3. The number of carbonyl (C=O) groups is 1. The minimum absolute atomic E-state index is 0.153. The lowest BCUT2D eigenvalue weighted by Gasteiger charge is -2.25. The van der Waals surface area contributed by atoms with Crippen LogP contribution in [0.1, 0.15) is 18.9 Å². The van der Waals surface area contributed by atoms with Gasteiger partial charge in [0.05, 0.1) is 6.61 Å². The molecule has 1 amide bonds. The van der Waals surface area contributed by atoms with E-state index in [1.165, 1.54) is 5.56 Å². The molecule has 0 saturated carbocycles. The smallest absolute Gasteiger partial charge is 0.220 e. The van der Waals surface area contributed by atoms with Crippen LogP contribution in [0.4, 0.5) is 0 Å². The van der Waals surface area contributed by atoms with Crippen molar-refractivity contribution < 1.29 is 9.53 Å². The summed E-state index contributed by atoms with van der Waals surface area (Å²) in [4.78, 5) is 11.6. The Bertz CT molecular complexity index is 422. The lowest BCUT2D eigenvalue weighted by molar-refractivity contribution is -0.120. The molecule has 0 radical (unpaired) electrons. The Kier molecular flexibility index (Phi) is 5.58. The molecule has 19 heavy (non-hydrogen) atoms. The van der Waals surface area contributed by atoms with Crippen molar-refractivity contribution in [3.05, 3.63) is 29.8 Å². The van der Waals surface area contributed by atoms with Gasteiger partial charge in [-0.05, 0) is 23.8 Å². The zero-order chi connectivity index (χ0) is 13.5. The van der Waals surface area contributed by atoms with Gasteiger partial charge >= 0.3 is 0 Å². The van der Waals surface area contributed by atoms with Gasteiger partial charge in [-0.25, -0.2) is 0 Å². The zero-order valence-corrected chi connectivity index (χ0v) is 12.2. The molecular formula is C15H21NO2S. The molecular weight excluding hydrogens is 258 g/mol. The van der Waals surface area contributed by atoms with Crippen LogP contribution in [0.5, 0.6) is 5.75 Å². The summed E-state index contributed by atoms with van der Waals surface area (Å²) in [5.74, 6) is 3.51. The molecule has 0 saturated heterocycles. The summed E-state index contributed by atoms with van der Waals surface area (Å²) in [7, 11) is 0. The number of para-hydroxylation sites is 1. The predicted octanol–water partition coefficient (Wildman–Crippen LogP) is 2.50. The average Bonchev–Trinajstić information content (AvgIpc) is 2.45. The highest BCUT2D eigenvalue weighted by Crippen LogP contribution is 2.26. The summed E-state index contributed by atoms with van der Waals surface area (Å²) < 4.78 is 5.71. The fourth-order valence-electron chi connectivity index (χ4n) is 2.18. The largest absolute Gasteiger partial charge is 0.493 e. The van der Waals surface area contributed by atoms with E-state index < -0.39 is 0 Å². The van der Waals surface area contributed by atoms with Gasteiger partial charge in [-0.1, -0.05) is 25.1 Å². The van der Waals surface area contributed by atoms with Crippen molar-refractivity contribution in [2.75, 3.05) is 24.7 Å². The number of benzene rings is 1. The van der Waals surface area contributed by atoms with Crippen molar-refractivity contribution in [3.63, 3.8) is 0 Å². The second-order valence-electron chi connectivity index (χ2n) is 4.74. The van der Waals surface area contributed by atoms with E-state index >= 15 is 0 Å².